The Morgan fingerprint density at radius 2 is 1.67 bits per heavy atom. The van der Waals surface area contributed by atoms with Crippen LogP contribution < -0.4 is 5.73 Å². The third-order valence-electron chi connectivity index (χ3n) is 1.75. The molecular formula is C9H8ClF3N2. The van der Waals surface area contributed by atoms with E-state index in [1.165, 1.54) is 24.3 Å². The van der Waals surface area contributed by atoms with Crippen molar-refractivity contribution < 1.29 is 13.2 Å². The molecule has 0 aromatic heterocycles. The molecule has 1 atom stereocenters. The monoisotopic (exact) mass is 236 g/mol. The van der Waals surface area contributed by atoms with Crippen molar-refractivity contribution in [3.63, 3.8) is 0 Å². The molecule has 2 N–H and O–H groups in total. The van der Waals surface area contributed by atoms with Crippen molar-refractivity contribution in [1.82, 2.24) is 0 Å². The molecule has 0 fully saturated rings. The van der Waals surface area contributed by atoms with Crippen molar-refractivity contribution in [2.75, 3.05) is 0 Å². The highest BCUT2D eigenvalue weighted by atomic mass is 35.5. The van der Waals surface area contributed by atoms with Crippen molar-refractivity contribution in [2.24, 2.45) is 5.73 Å². The van der Waals surface area contributed by atoms with Crippen molar-refractivity contribution in [2.45, 2.75) is 12.2 Å². The van der Waals surface area contributed by atoms with Gasteiger partial charge in [0.2, 0.25) is 0 Å². The maximum atomic E-state index is 12.1. The molecule has 0 saturated carbocycles. The normalized spacial score (nSPS) is 12.5. The Morgan fingerprint density at radius 3 is 2.00 bits per heavy atom. The molecule has 0 amide bonds. The molecule has 0 aliphatic heterocycles. The van der Waals surface area contributed by atoms with Crippen molar-refractivity contribution in [3.05, 3.63) is 35.4 Å². The van der Waals surface area contributed by atoms with E-state index < -0.39 is 12.2 Å². The fraction of sp³-hybridized carbons (Fsp3) is 0.222. The fourth-order valence-electron chi connectivity index (χ4n) is 0.954. The molecule has 0 unspecified atom stereocenters. The number of nitrogens with two attached hydrogens (primary N) is 1. The van der Waals surface area contributed by atoms with Gasteiger partial charge in [0.05, 0.1) is 11.6 Å². The van der Waals surface area contributed by atoms with Gasteiger partial charge in [0.15, 0.2) is 0 Å². The van der Waals surface area contributed by atoms with Gasteiger partial charge >= 0.3 is 6.18 Å². The van der Waals surface area contributed by atoms with Gasteiger partial charge in [-0.25, -0.2) is 0 Å². The summed E-state index contributed by atoms with van der Waals surface area (Å²) < 4.78 is 36.4. The highest BCUT2D eigenvalue weighted by Gasteiger charge is 2.37. The van der Waals surface area contributed by atoms with Crippen LogP contribution in [0.4, 0.5) is 13.2 Å². The average molecular weight is 237 g/mol. The van der Waals surface area contributed by atoms with Gasteiger partial charge < -0.3 is 5.73 Å². The summed E-state index contributed by atoms with van der Waals surface area (Å²) in [4.78, 5) is 0. The number of nitriles is 1. The first-order valence-electron chi connectivity index (χ1n) is 3.77. The minimum absolute atomic E-state index is 0. The molecule has 6 heteroatoms. The second kappa shape index (κ2) is 5.01. The zero-order valence-electron chi connectivity index (χ0n) is 7.45. The minimum atomic E-state index is -4.45. The van der Waals surface area contributed by atoms with E-state index in [4.69, 9.17) is 11.0 Å². The van der Waals surface area contributed by atoms with E-state index in [2.05, 4.69) is 0 Å². The summed E-state index contributed by atoms with van der Waals surface area (Å²) >= 11 is 0. The fourth-order valence-corrected chi connectivity index (χ4v) is 0.954. The molecule has 0 aliphatic rings. The number of hydrogen-bond acceptors (Lipinski definition) is 2. The van der Waals surface area contributed by atoms with Gasteiger partial charge in [-0.2, -0.15) is 18.4 Å². The van der Waals surface area contributed by atoms with Gasteiger partial charge in [-0.3, -0.25) is 0 Å². The molecule has 15 heavy (non-hydrogen) atoms. The lowest BCUT2D eigenvalue weighted by molar-refractivity contribution is -0.149. The molecule has 2 nitrogen and oxygen atoms in total. The molecule has 0 saturated heterocycles. The van der Waals surface area contributed by atoms with Crippen LogP contribution in [0.1, 0.15) is 17.2 Å². The van der Waals surface area contributed by atoms with Crippen LogP contribution in [0.15, 0.2) is 24.3 Å². The molecule has 1 aromatic carbocycles. The minimum Gasteiger partial charge on any atom is -0.316 e. The van der Waals surface area contributed by atoms with Crippen LogP contribution in [0.5, 0.6) is 0 Å². The molecule has 0 spiro atoms. The van der Waals surface area contributed by atoms with Crippen LogP contribution in [-0.4, -0.2) is 6.18 Å². The second-order valence-electron chi connectivity index (χ2n) is 2.75. The Balaban J connectivity index is 0.00000196. The van der Waals surface area contributed by atoms with E-state index in [-0.39, 0.29) is 18.0 Å². The molecule has 1 rings (SSSR count). The standard InChI is InChI=1S/C9H7F3N2.ClH/c10-9(11,12)8(14)7-3-1-6(5-13)2-4-7;/h1-4,8H,14H2;1H/t8-;/m0./s1. The lowest BCUT2D eigenvalue weighted by atomic mass is 10.1. The van der Waals surface area contributed by atoms with Gasteiger partial charge in [-0.15, -0.1) is 12.4 Å². The average Bonchev–Trinajstić information content (AvgIpc) is 2.15. The van der Waals surface area contributed by atoms with Crippen molar-refractivity contribution in [3.8, 4) is 6.07 Å². The predicted octanol–water partition coefficient (Wildman–Crippen LogP) is 2.54. The van der Waals surface area contributed by atoms with Crippen LogP contribution in [0.25, 0.3) is 0 Å². The van der Waals surface area contributed by atoms with Crippen LogP contribution in [0, 0.1) is 11.3 Å². The Kier molecular flexibility index (Phi) is 4.59. The van der Waals surface area contributed by atoms with Crippen LogP contribution in [0.2, 0.25) is 0 Å². The Morgan fingerprint density at radius 1 is 1.20 bits per heavy atom. The van der Waals surface area contributed by atoms with Crippen LogP contribution in [-0.2, 0) is 0 Å². The van der Waals surface area contributed by atoms with Crippen molar-refractivity contribution >= 4 is 12.4 Å². The van der Waals surface area contributed by atoms with Crippen LogP contribution >= 0.6 is 12.4 Å². The van der Waals surface area contributed by atoms with Gasteiger partial charge in [-0.1, -0.05) is 12.1 Å². The molecule has 82 valence electrons. The summed E-state index contributed by atoms with van der Waals surface area (Å²) in [5, 5.41) is 8.42. The first kappa shape index (κ1) is 13.8. The van der Waals surface area contributed by atoms with E-state index >= 15 is 0 Å². The summed E-state index contributed by atoms with van der Waals surface area (Å²) in [5.41, 5.74) is 5.22. The number of alkyl halides is 3. The van der Waals surface area contributed by atoms with E-state index in [9.17, 15) is 13.2 Å². The molecule has 1 aromatic rings. The summed E-state index contributed by atoms with van der Waals surface area (Å²) in [6.07, 6.45) is -4.45. The zero-order valence-corrected chi connectivity index (χ0v) is 8.27. The van der Waals surface area contributed by atoms with Gasteiger partial charge in [-0.05, 0) is 17.7 Å². The van der Waals surface area contributed by atoms with E-state index in [1.54, 1.807) is 0 Å². The first-order chi connectivity index (χ1) is 6.45. The molecular weight excluding hydrogens is 229 g/mol. The Labute approximate surface area is 90.9 Å². The molecule has 0 heterocycles. The van der Waals surface area contributed by atoms with Gasteiger partial charge in [0, 0.05) is 0 Å². The molecule has 0 bridgehead atoms. The number of benzene rings is 1. The lowest BCUT2D eigenvalue weighted by Gasteiger charge is -2.15. The molecule has 0 radical (unpaired) electrons. The van der Waals surface area contributed by atoms with E-state index in [0.29, 0.717) is 5.56 Å². The van der Waals surface area contributed by atoms with Crippen LogP contribution in [0.3, 0.4) is 0 Å². The number of hydrogen-bond donors (Lipinski definition) is 1. The van der Waals surface area contributed by atoms with Gasteiger partial charge in [0.25, 0.3) is 0 Å². The Hall–Kier alpha value is -1.25. The number of halogens is 4. The lowest BCUT2D eigenvalue weighted by Crippen LogP contribution is -2.28. The summed E-state index contributed by atoms with van der Waals surface area (Å²) in [6, 6.07) is 4.84. The third kappa shape index (κ3) is 3.42. The second-order valence-corrected chi connectivity index (χ2v) is 2.75. The van der Waals surface area contributed by atoms with E-state index in [1.807, 2.05) is 6.07 Å². The number of rotatable bonds is 1. The zero-order chi connectivity index (χ0) is 10.8. The highest BCUT2D eigenvalue weighted by Crippen LogP contribution is 2.30. The Bertz CT molecular complexity index is 353. The van der Waals surface area contributed by atoms with Gasteiger partial charge in [0.1, 0.15) is 6.04 Å². The quantitative estimate of drug-likeness (QED) is 0.815. The number of nitrogens with zero attached hydrogens (tertiary/aromatic N) is 1. The van der Waals surface area contributed by atoms with Crippen molar-refractivity contribution in [1.29, 1.82) is 5.26 Å². The maximum Gasteiger partial charge on any atom is 0.407 e. The molecule has 0 aliphatic carbocycles. The predicted molar refractivity (Wildman–Crippen MR) is 51.4 cm³/mol. The first-order valence-corrected chi connectivity index (χ1v) is 3.77. The topological polar surface area (TPSA) is 49.8 Å². The maximum absolute atomic E-state index is 12.1. The highest BCUT2D eigenvalue weighted by molar-refractivity contribution is 5.85. The largest absolute Gasteiger partial charge is 0.407 e. The van der Waals surface area contributed by atoms with E-state index in [0.717, 1.165) is 0 Å². The summed E-state index contributed by atoms with van der Waals surface area (Å²) in [7, 11) is 0. The summed E-state index contributed by atoms with van der Waals surface area (Å²) in [5.74, 6) is 0. The third-order valence-corrected chi connectivity index (χ3v) is 1.75. The summed E-state index contributed by atoms with van der Waals surface area (Å²) in [6.45, 7) is 0. The smallest absolute Gasteiger partial charge is 0.316 e. The SMILES string of the molecule is Cl.N#Cc1ccc([C@H](N)C(F)(F)F)cc1.